The van der Waals surface area contributed by atoms with Gasteiger partial charge in [-0.15, -0.1) is 0 Å². The fourth-order valence-electron chi connectivity index (χ4n) is 4.68. The topological polar surface area (TPSA) is 70.3 Å². The Labute approximate surface area is 214 Å². The van der Waals surface area contributed by atoms with E-state index in [1.807, 2.05) is 30.5 Å². The van der Waals surface area contributed by atoms with Gasteiger partial charge in [-0.3, -0.25) is 0 Å². The minimum Gasteiger partial charge on any atom is -0.466 e. The summed E-state index contributed by atoms with van der Waals surface area (Å²) in [4.78, 5) is 12.2. The van der Waals surface area contributed by atoms with Crippen LogP contribution >= 0.6 is 0 Å². The van der Waals surface area contributed by atoms with Crippen molar-refractivity contribution in [1.82, 2.24) is 8.54 Å². The molecule has 6 nitrogen and oxygen atoms in total. The molecule has 0 fully saturated rings. The molecule has 0 bridgehead atoms. The van der Waals surface area contributed by atoms with E-state index in [0.29, 0.717) is 5.52 Å². The monoisotopic (exact) mass is 516 g/mol. The second-order valence-corrected chi connectivity index (χ2v) is 10.8. The normalized spacial score (nSPS) is 12.2. The molecular formula is C29H25FN2O4S. The molecule has 5 aromatic rings. The molecule has 0 N–H and O–H groups in total. The Balaban J connectivity index is 1.86. The van der Waals surface area contributed by atoms with Crippen LogP contribution in [0.4, 0.5) is 4.39 Å². The van der Waals surface area contributed by atoms with Gasteiger partial charge < -0.3 is 9.30 Å². The van der Waals surface area contributed by atoms with Crippen molar-refractivity contribution in [2.45, 2.75) is 24.7 Å². The Morgan fingerprint density at radius 1 is 0.973 bits per heavy atom. The van der Waals surface area contributed by atoms with Gasteiger partial charge in [-0.2, -0.15) is 0 Å². The van der Waals surface area contributed by atoms with Gasteiger partial charge in [0.15, 0.2) is 0 Å². The number of methoxy groups -OCH3 is 1. The van der Waals surface area contributed by atoms with E-state index >= 15 is 0 Å². The Hall–Kier alpha value is -4.17. The molecule has 8 heteroatoms. The summed E-state index contributed by atoms with van der Waals surface area (Å²) < 4.78 is 48.8. The second kappa shape index (κ2) is 9.37. The summed E-state index contributed by atoms with van der Waals surface area (Å²) in [6.45, 7) is 4.06. The molecule has 0 saturated carbocycles. The quantitative estimate of drug-likeness (QED) is 0.197. The fraction of sp³-hybridized carbons (Fsp3) is 0.138. The summed E-state index contributed by atoms with van der Waals surface area (Å²) >= 11 is 0. The summed E-state index contributed by atoms with van der Waals surface area (Å²) in [5.41, 5.74) is 3.72. The Bertz CT molecular complexity index is 1760. The molecule has 0 aliphatic rings. The highest BCUT2D eigenvalue weighted by Crippen LogP contribution is 2.38. The zero-order valence-electron chi connectivity index (χ0n) is 20.6. The van der Waals surface area contributed by atoms with Crippen LogP contribution in [0.3, 0.4) is 0 Å². The fourth-order valence-corrected chi connectivity index (χ4v) is 6.05. The van der Waals surface area contributed by atoms with E-state index in [4.69, 9.17) is 4.74 Å². The SMILES string of the molecule is COC(=O)/C=C/c1c(C(C)C)n(-c2ccc(F)cc2)c2cc3ccn(S(=O)(=O)c4ccccc4)c3cc12. The molecule has 0 saturated heterocycles. The maximum atomic E-state index is 13.8. The first-order valence-electron chi connectivity index (χ1n) is 11.7. The van der Waals surface area contributed by atoms with E-state index in [9.17, 15) is 17.6 Å². The summed E-state index contributed by atoms with van der Waals surface area (Å²) in [6.07, 6.45) is 4.58. The van der Waals surface area contributed by atoms with Gasteiger partial charge in [0.2, 0.25) is 0 Å². The van der Waals surface area contributed by atoms with Crippen LogP contribution in [0.2, 0.25) is 0 Å². The van der Waals surface area contributed by atoms with Crippen molar-refractivity contribution in [2.24, 2.45) is 0 Å². The van der Waals surface area contributed by atoms with Crippen molar-refractivity contribution in [3.8, 4) is 5.69 Å². The number of aromatic nitrogens is 2. The van der Waals surface area contributed by atoms with Crippen LogP contribution in [0.15, 0.2) is 90.0 Å². The van der Waals surface area contributed by atoms with E-state index in [-0.39, 0.29) is 16.6 Å². The molecule has 37 heavy (non-hydrogen) atoms. The Kier molecular flexibility index (Phi) is 6.21. The molecule has 3 aromatic carbocycles. The van der Waals surface area contributed by atoms with Crippen LogP contribution in [0.25, 0.3) is 33.6 Å². The number of hydrogen-bond acceptors (Lipinski definition) is 4. The molecular weight excluding hydrogens is 491 g/mol. The maximum Gasteiger partial charge on any atom is 0.330 e. The van der Waals surface area contributed by atoms with Crippen LogP contribution in [0.5, 0.6) is 0 Å². The predicted molar refractivity (Wildman–Crippen MR) is 143 cm³/mol. The van der Waals surface area contributed by atoms with E-state index < -0.39 is 16.0 Å². The van der Waals surface area contributed by atoms with Gasteiger partial charge in [0.1, 0.15) is 5.82 Å². The summed E-state index contributed by atoms with van der Waals surface area (Å²) in [6, 6.07) is 20.0. The Morgan fingerprint density at radius 3 is 2.32 bits per heavy atom. The first-order valence-corrected chi connectivity index (χ1v) is 13.2. The van der Waals surface area contributed by atoms with Crippen LogP contribution in [0.1, 0.15) is 31.0 Å². The zero-order valence-corrected chi connectivity index (χ0v) is 21.4. The van der Waals surface area contributed by atoms with E-state index in [0.717, 1.165) is 33.2 Å². The first kappa shape index (κ1) is 24.5. The van der Waals surface area contributed by atoms with Gasteiger partial charge in [-0.1, -0.05) is 32.0 Å². The minimum absolute atomic E-state index is 0.0179. The number of ether oxygens (including phenoxy) is 1. The molecule has 0 spiro atoms. The van der Waals surface area contributed by atoms with Crippen LogP contribution in [-0.4, -0.2) is 30.0 Å². The van der Waals surface area contributed by atoms with Crippen molar-refractivity contribution < 1.29 is 22.3 Å². The lowest BCUT2D eigenvalue weighted by Crippen LogP contribution is -2.11. The van der Waals surface area contributed by atoms with Crippen molar-refractivity contribution >= 4 is 43.9 Å². The zero-order chi connectivity index (χ0) is 26.3. The summed E-state index contributed by atoms with van der Waals surface area (Å²) in [5, 5.41) is 1.48. The van der Waals surface area contributed by atoms with Gasteiger partial charge in [0, 0.05) is 40.0 Å². The molecule has 0 aliphatic carbocycles. The predicted octanol–water partition coefficient (Wildman–Crippen LogP) is 6.27. The third-order valence-corrected chi connectivity index (χ3v) is 8.04. The van der Waals surface area contributed by atoms with Crippen molar-refractivity contribution in [2.75, 3.05) is 7.11 Å². The smallest absolute Gasteiger partial charge is 0.330 e. The van der Waals surface area contributed by atoms with Crippen LogP contribution in [-0.2, 0) is 19.6 Å². The lowest BCUT2D eigenvalue weighted by atomic mass is 10.0. The van der Waals surface area contributed by atoms with Crippen molar-refractivity contribution in [3.05, 3.63) is 102 Å². The number of carbonyl (C=O) groups is 1. The van der Waals surface area contributed by atoms with Crippen molar-refractivity contribution in [3.63, 3.8) is 0 Å². The summed E-state index contributed by atoms with van der Waals surface area (Å²) in [5.74, 6) is -0.833. The molecule has 5 rings (SSSR count). The van der Waals surface area contributed by atoms with Gasteiger partial charge in [-0.05, 0) is 66.6 Å². The van der Waals surface area contributed by atoms with Gasteiger partial charge in [0.05, 0.1) is 23.0 Å². The number of rotatable bonds is 6. The first-order chi connectivity index (χ1) is 17.7. The molecule has 0 unspecified atom stereocenters. The number of halogens is 1. The molecule has 0 radical (unpaired) electrons. The summed E-state index contributed by atoms with van der Waals surface area (Å²) in [7, 11) is -2.53. The Morgan fingerprint density at radius 2 is 1.68 bits per heavy atom. The largest absolute Gasteiger partial charge is 0.466 e. The number of nitrogens with zero attached hydrogens (tertiary/aromatic N) is 2. The molecule has 0 atom stereocenters. The van der Waals surface area contributed by atoms with Crippen molar-refractivity contribution in [1.29, 1.82) is 0 Å². The number of fused-ring (bicyclic) bond motifs is 2. The molecule has 2 aromatic heterocycles. The van der Waals surface area contributed by atoms with Gasteiger partial charge >= 0.3 is 5.97 Å². The standard InChI is InChI=1S/C29H25FN2O4S/c1-19(2)29-24(13-14-28(33)36-3)25-18-26-20(17-27(25)32(29)22-11-9-21(30)10-12-22)15-16-31(26)37(34,35)23-7-5-4-6-8-23/h4-19H,1-3H3/b14-13+. The van der Waals surface area contributed by atoms with Crippen LogP contribution in [0, 0.1) is 5.82 Å². The highest BCUT2D eigenvalue weighted by Gasteiger charge is 2.23. The lowest BCUT2D eigenvalue weighted by molar-refractivity contribution is -0.134. The number of esters is 1. The van der Waals surface area contributed by atoms with Gasteiger partial charge in [0.25, 0.3) is 10.0 Å². The average molecular weight is 517 g/mol. The molecule has 2 heterocycles. The maximum absolute atomic E-state index is 13.8. The number of benzene rings is 3. The van der Waals surface area contributed by atoms with E-state index in [1.165, 1.54) is 29.3 Å². The van der Waals surface area contributed by atoms with Gasteiger partial charge in [-0.25, -0.2) is 21.6 Å². The molecule has 0 amide bonds. The van der Waals surface area contributed by atoms with E-state index in [2.05, 4.69) is 0 Å². The number of carbonyl (C=O) groups excluding carboxylic acids is 1. The number of hydrogen-bond donors (Lipinski definition) is 0. The molecule has 188 valence electrons. The van der Waals surface area contributed by atoms with Crippen LogP contribution < -0.4 is 0 Å². The lowest BCUT2D eigenvalue weighted by Gasteiger charge is -2.15. The second-order valence-electron chi connectivity index (χ2n) is 8.98. The highest BCUT2D eigenvalue weighted by atomic mass is 32.2. The third-order valence-electron chi connectivity index (χ3n) is 6.34. The average Bonchev–Trinajstić information content (AvgIpc) is 3.46. The third kappa shape index (κ3) is 4.23. The molecule has 0 aliphatic heterocycles. The minimum atomic E-state index is -3.83. The van der Waals surface area contributed by atoms with E-state index in [1.54, 1.807) is 60.8 Å². The highest BCUT2D eigenvalue weighted by molar-refractivity contribution is 7.90.